The minimum absolute atomic E-state index is 0.282. The number of phenols is 1. The van der Waals surface area contributed by atoms with Crippen molar-refractivity contribution in [3.63, 3.8) is 0 Å². The molecule has 0 amide bonds. The fourth-order valence-electron chi connectivity index (χ4n) is 2.13. The van der Waals surface area contributed by atoms with Crippen molar-refractivity contribution in [2.45, 2.75) is 38.1 Å². The van der Waals surface area contributed by atoms with Crippen molar-refractivity contribution in [1.82, 2.24) is 5.32 Å². The van der Waals surface area contributed by atoms with E-state index in [-0.39, 0.29) is 5.75 Å². The summed E-state index contributed by atoms with van der Waals surface area (Å²) in [5, 5.41) is 12.6. The minimum atomic E-state index is 0.282. The molecule has 1 saturated carbocycles. The first-order valence-electron chi connectivity index (χ1n) is 5.85. The van der Waals surface area contributed by atoms with E-state index in [0.29, 0.717) is 6.04 Å². The molecule has 0 unspecified atom stereocenters. The summed E-state index contributed by atoms with van der Waals surface area (Å²) < 4.78 is 0. The Morgan fingerprint density at radius 2 is 1.75 bits per heavy atom. The maximum absolute atomic E-state index is 9.20. The topological polar surface area (TPSA) is 32.3 Å². The molecule has 1 aromatic carbocycles. The van der Waals surface area contributed by atoms with E-state index in [4.69, 9.17) is 12.2 Å². The molecule has 3 heteroatoms. The van der Waals surface area contributed by atoms with E-state index in [1.54, 1.807) is 12.1 Å². The molecule has 1 fully saturated rings. The standard InChI is InChI=1S/C13H17NOS/c15-12-8-6-10(7-9-12)13(16)14-11-4-2-1-3-5-11/h6-9,11,15H,1-5H2,(H,14,16). The molecular weight excluding hydrogens is 218 g/mol. The Labute approximate surface area is 102 Å². The second kappa shape index (κ2) is 5.30. The van der Waals surface area contributed by atoms with E-state index < -0.39 is 0 Å². The summed E-state index contributed by atoms with van der Waals surface area (Å²) in [6, 6.07) is 7.59. The summed E-state index contributed by atoms with van der Waals surface area (Å²) in [6.45, 7) is 0. The largest absolute Gasteiger partial charge is 0.508 e. The van der Waals surface area contributed by atoms with Gasteiger partial charge < -0.3 is 10.4 Å². The number of phenolic OH excluding ortho intramolecular Hbond substituents is 1. The summed E-state index contributed by atoms with van der Waals surface area (Å²) in [4.78, 5) is 0.798. The molecule has 0 spiro atoms. The normalized spacial score (nSPS) is 17.0. The molecular formula is C13H17NOS. The predicted molar refractivity (Wildman–Crippen MR) is 69.8 cm³/mol. The zero-order valence-corrected chi connectivity index (χ0v) is 10.1. The van der Waals surface area contributed by atoms with E-state index in [1.807, 2.05) is 12.1 Å². The van der Waals surface area contributed by atoms with Gasteiger partial charge in [0, 0.05) is 11.6 Å². The molecule has 0 atom stereocenters. The van der Waals surface area contributed by atoms with E-state index >= 15 is 0 Å². The van der Waals surface area contributed by atoms with Crippen LogP contribution >= 0.6 is 12.2 Å². The first-order chi connectivity index (χ1) is 7.75. The van der Waals surface area contributed by atoms with Crippen molar-refractivity contribution in [3.05, 3.63) is 29.8 Å². The van der Waals surface area contributed by atoms with Crippen LogP contribution in [0.25, 0.3) is 0 Å². The van der Waals surface area contributed by atoms with Crippen molar-refractivity contribution in [3.8, 4) is 5.75 Å². The second-order valence-electron chi connectivity index (χ2n) is 4.36. The van der Waals surface area contributed by atoms with Crippen LogP contribution in [0.4, 0.5) is 0 Å². The minimum Gasteiger partial charge on any atom is -0.508 e. The van der Waals surface area contributed by atoms with Crippen LogP contribution in [0.5, 0.6) is 5.75 Å². The van der Waals surface area contributed by atoms with Gasteiger partial charge in [-0.2, -0.15) is 0 Å². The quantitative estimate of drug-likeness (QED) is 0.773. The van der Waals surface area contributed by atoms with Crippen molar-refractivity contribution >= 4 is 17.2 Å². The van der Waals surface area contributed by atoms with E-state index in [0.717, 1.165) is 10.6 Å². The van der Waals surface area contributed by atoms with Crippen LogP contribution in [-0.4, -0.2) is 16.1 Å². The number of nitrogens with one attached hydrogen (secondary N) is 1. The smallest absolute Gasteiger partial charge is 0.115 e. The summed E-state index contributed by atoms with van der Waals surface area (Å²) in [5.74, 6) is 0.282. The number of aromatic hydroxyl groups is 1. The summed E-state index contributed by atoms with van der Waals surface area (Å²) in [7, 11) is 0. The van der Waals surface area contributed by atoms with Gasteiger partial charge in [0.1, 0.15) is 10.7 Å². The van der Waals surface area contributed by atoms with Gasteiger partial charge in [-0.25, -0.2) is 0 Å². The van der Waals surface area contributed by atoms with E-state index in [9.17, 15) is 5.11 Å². The van der Waals surface area contributed by atoms with Gasteiger partial charge in [-0.15, -0.1) is 0 Å². The van der Waals surface area contributed by atoms with Gasteiger partial charge in [0.05, 0.1) is 0 Å². The number of rotatable bonds is 2. The fourth-order valence-corrected chi connectivity index (χ4v) is 2.43. The molecule has 2 nitrogen and oxygen atoms in total. The van der Waals surface area contributed by atoms with Crippen molar-refractivity contribution in [1.29, 1.82) is 0 Å². The van der Waals surface area contributed by atoms with Gasteiger partial charge in [-0.3, -0.25) is 0 Å². The molecule has 86 valence electrons. The molecule has 0 radical (unpaired) electrons. The summed E-state index contributed by atoms with van der Waals surface area (Å²) in [6.07, 6.45) is 6.40. The Kier molecular flexibility index (Phi) is 3.78. The molecule has 1 aliphatic carbocycles. The van der Waals surface area contributed by atoms with Gasteiger partial charge in [-0.1, -0.05) is 31.5 Å². The Morgan fingerprint density at radius 1 is 1.12 bits per heavy atom. The third-order valence-electron chi connectivity index (χ3n) is 3.07. The van der Waals surface area contributed by atoms with Gasteiger partial charge in [0.15, 0.2) is 0 Å². The molecule has 0 heterocycles. The molecule has 0 aliphatic heterocycles. The lowest BCUT2D eigenvalue weighted by atomic mass is 9.95. The van der Waals surface area contributed by atoms with E-state index in [1.165, 1.54) is 32.1 Å². The van der Waals surface area contributed by atoms with Gasteiger partial charge in [-0.05, 0) is 37.1 Å². The Bertz CT molecular complexity index is 355. The maximum atomic E-state index is 9.20. The second-order valence-corrected chi connectivity index (χ2v) is 4.76. The van der Waals surface area contributed by atoms with Crippen molar-refractivity contribution in [2.75, 3.05) is 0 Å². The molecule has 1 aromatic rings. The lowest BCUT2D eigenvalue weighted by Crippen LogP contribution is -2.35. The van der Waals surface area contributed by atoms with Crippen molar-refractivity contribution in [2.24, 2.45) is 0 Å². The number of thiocarbonyl (C=S) groups is 1. The highest BCUT2D eigenvalue weighted by atomic mass is 32.1. The number of hydrogen-bond donors (Lipinski definition) is 2. The van der Waals surface area contributed by atoms with E-state index in [2.05, 4.69) is 5.32 Å². The third kappa shape index (κ3) is 2.95. The Morgan fingerprint density at radius 3 is 2.38 bits per heavy atom. The van der Waals surface area contributed by atoms with Crippen LogP contribution < -0.4 is 5.32 Å². The molecule has 2 N–H and O–H groups in total. The number of hydrogen-bond acceptors (Lipinski definition) is 2. The first-order valence-corrected chi connectivity index (χ1v) is 6.26. The molecule has 0 bridgehead atoms. The van der Waals surface area contributed by atoms with Crippen LogP contribution in [0.15, 0.2) is 24.3 Å². The zero-order valence-electron chi connectivity index (χ0n) is 9.28. The SMILES string of the molecule is Oc1ccc(C(=S)NC2CCCCC2)cc1. The van der Waals surface area contributed by atoms with Crippen LogP contribution in [0.2, 0.25) is 0 Å². The molecule has 1 aliphatic rings. The first kappa shape index (κ1) is 11.4. The van der Waals surface area contributed by atoms with Crippen LogP contribution in [0, 0.1) is 0 Å². The lowest BCUT2D eigenvalue weighted by Gasteiger charge is -2.24. The average Bonchev–Trinajstić information content (AvgIpc) is 2.31. The highest BCUT2D eigenvalue weighted by Crippen LogP contribution is 2.18. The highest BCUT2D eigenvalue weighted by Gasteiger charge is 2.14. The summed E-state index contributed by atoms with van der Waals surface area (Å²) in [5.41, 5.74) is 0.985. The Hall–Kier alpha value is -1.09. The van der Waals surface area contributed by atoms with Crippen LogP contribution in [0.3, 0.4) is 0 Å². The van der Waals surface area contributed by atoms with Crippen LogP contribution in [0.1, 0.15) is 37.7 Å². The highest BCUT2D eigenvalue weighted by molar-refractivity contribution is 7.80. The van der Waals surface area contributed by atoms with Crippen LogP contribution in [-0.2, 0) is 0 Å². The predicted octanol–water partition coefficient (Wildman–Crippen LogP) is 2.99. The summed E-state index contributed by atoms with van der Waals surface area (Å²) >= 11 is 5.35. The van der Waals surface area contributed by atoms with Gasteiger partial charge >= 0.3 is 0 Å². The van der Waals surface area contributed by atoms with Crippen molar-refractivity contribution < 1.29 is 5.11 Å². The molecule has 16 heavy (non-hydrogen) atoms. The van der Waals surface area contributed by atoms with Gasteiger partial charge in [0.2, 0.25) is 0 Å². The fraction of sp³-hybridized carbons (Fsp3) is 0.462. The molecule has 2 rings (SSSR count). The van der Waals surface area contributed by atoms with Gasteiger partial charge in [0.25, 0.3) is 0 Å². The Balaban J connectivity index is 1.94. The lowest BCUT2D eigenvalue weighted by molar-refractivity contribution is 0.415. The average molecular weight is 235 g/mol. The third-order valence-corrected chi connectivity index (χ3v) is 3.42. The zero-order chi connectivity index (χ0) is 11.4. The number of benzene rings is 1. The molecule has 0 aromatic heterocycles. The monoisotopic (exact) mass is 235 g/mol. The maximum Gasteiger partial charge on any atom is 0.115 e. The molecule has 0 saturated heterocycles.